The van der Waals surface area contributed by atoms with Gasteiger partial charge in [-0.3, -0.25) is 14.6 Å². The van der Waals surface area contributed by atoms with E-state index < -0.39 is 6.10 Å². The van der Waals surface area contributed by atoms with Gasteiger partial charge in [0.2, 0.25) is 5.91 Å². The van der Waals surface area contributed by atoms with E-state index in [1.807, 2.05) is 6.92 Å². The number of hydrogen-bond donors (Lipinski definition) is 1. The molecule has 1 unspecified atom stereocenters. The highest BCUT2D eigenvalue weighted by molar-refractivity contribution is 5.78. The molecule has 1 amide bonds. The maximum Gasteiger partial charge on any atom is 0.236 e. The van der Waals surface area contributed by atoms with E-state index in [1.165, 1.54) is 12.8 Å². The lowest BCUT2D eigenvalue weighted by Crippen LogP contribution is -2.43. The van der Waals surface area contributed by atoms with E-state index in [0.717, 1.165) is 31.0 Å². The van der Waals surface area contributed by atoms with Crippen LogP contribution in [-0.2, 0) is 11.3 Å². The molecule has 8 heteroatoms. The Balaban J connectivity index is 1.54. The van der Waals surface area contributed by atoms with E-state index in [1.54, 1.807) is 4.90 Å². The van der Waals surface area contributed by atoms with Gasteiger partial charge in [0.05, 0.1) is 12.6 Å². The fourth-order valence-corrected chi connectivity index (χ4v) is 3.26. The van der Waals surface area contributed by atoms with Crippen molar-refractivity contribution in [3.05, 3.63) is 11.4 Å². The molecule has 3 rings (SSSR count). The summed E-state index contributed by atoms with van der Waals surface area (Å²) in [6.07, 6.45) is 1.81. The fourth-order valence-electron chi connectivity index (χ4n) is 3.26. The Morgan fingerprint density at radius 1 is 1.17 bits per heavy atom. The SMILES string of the molecule is Cc1nonc1CN1CCN(C(=O)CN2CCCC2)CC(O)C1. The molecule has 23 heavy (non-hydrogen) atoms. The predicted octanol–water partition coefficient (Wildman–Crippen LogP) is -0.521. The van der Waals surface area contributed by atoms with Crippen LogP contribution in [0.25, 0.3) is 0 Å². The minimum Gasteiger partial charge on any atom is -0.390 e. The van der Waals surface area contributed by atoms with Crippen molar-refractivity contribution in [3.8, 4) is 0 Å². The largest absolute Gasteiger partial charge is 0.390 e. The second kappa shape index (κ2) is 7.37. The number of aromatic nitrogens is 2. The number of likely N-dealkylation sites (tertiary alicyclic amines) is 1. The number of carbonyl (C=O) groups excluding carboxylic acids is 1. The zero-order chi connectivity index (χ0) is 16.2. The lowest BCUT2D eigenvalue weighted by Gasteiger charge is -2.24. The average Bonchev–Trinajstić information content (AvgIpc) is 3.11. The Bertz CT molecular complexity index is 529. The van der Waals surface area contributed by atoms with Crippen molar-refractivity contribution in [1.82, 2.24) is 25.0 Å². The van der Waals surface area contributed by atoms with Crippen molar-refractivity contribution in [1.29, 1.82) is 0 Å². The van der Waals surface area contributed by atoms with Crippen molar-refractivity contribution in [2.75, 3.05) is 45.8 Å². The highest BCUT2D eigenvalue weighted by Crippen LogP contribution is 2.12. The van der Waals surface area contributed by atoms with Gasteiger partial charge in [0.25, 0.3) is 0 Å². The van der Waals surface area contributed by atoms with Crippen LogP contribution in [-0.4, -0.2) is 87.9 Å². The molecule has 0 aliphatic carbocycles. The molecule has 0 saturated carbocycles. The Morgan fingerprint density at radius 2 is 1.96 bits per heavy atom. The predicted molar refractivity (Wildman–Crippen MR) is 82.6 cm³/mol. The molecular weight excluding hydrogens is 298 g/mol. The molecule has 0 aromatic carbocycles. The first-order chi connectivity index (χ1) is 11.1. The maximum absolute atomic E-state index is 12.4. The highest BCUT2D eigenvalue weighted by atomic mass is 16.6. The van der Waals surface area contributed by atoms with E-state index in [9.17, 15) is 9.90 Å². The highest BCUT2D eigenvalue weighted by Gasteiger charge is 2.26. The fraction of sp³-hybridized carbons (Fsp3) is 0.800. The van der Waals surface area contributed by atoms with Crippen LogP contribution in [0.4, 0.5) is 0 Å². The monoisotopic (exact) mass is 323 g/mol. The molecule has 1 aromatic heterocycles. The molecular formula is C15H25N5O3. The first kappa shape index (κ1) is 16.4. The smallest absolute Gasteiger partial charge is 0.236 e. The normalized spacial score (nSPS) is 24.1. The summed E-state index contributed by atoms with van der Waals surface area (Å²) in [5.41, 5.74) is 1.56. The van der Waals surface area contributed by atoms with Crippen LogP contribution >= 0.6 is 0 Å². The van der Waals surface area contributed by atoms with Crippen molar-refractivity contribution < 1.29 is 14.5 Å². The van der Waals surface area contributed by atoms with Crippen molar-refractivity contribution >= 4 is 5.91 Å². The van der Waals surface area contributed by atoms with Crippen molar-refractivity contribution in [2.45, 2.75) is 32.4 Å². The number of hydrogen-bond acceptors (Lipinski definition) is 7. The molecule has 2 fully saturated rings. The second-order valence-electron chi connectivity index (χ2n) is 6.51. The summed E-state index contributed by atoms with van der Waals surface area (Å²) in [4.78, 5) is 18.5. The molecule has 0 radical (unpaired) electrons. The quantitative estimate of drug-likeness (QED) is 0.798. The number of amides is 1. The maximum atomic E-state index is 12.4. The van der Waals surface area contributed by atoms with E-state index in [-0.39, 0.29) is 5.91 Å². The van der Waals surface area contributed by atoms with Crippen LogP contribution < -0.4 is 0 Å². The summed E-state index contributed by atoms with van der Waals surface area (Å²) in [7, 11) is 0. The molecule has 0 bridgehead atoms. The second-order valence-corrected chi connectivity index (χ2v) is 6.51. The lowest BCUT2D eigenvalue weighted by molar-refractivity contribution is -0.133. The summed E-state index contributed by atoms with van der Waals surface area (Å²) in [5.74, 6) is 0.118. The molecule has 128 valence electrons. The van der Waals surface area contributed by atoms with Gasteiger partial charge in [-0.25, -0.2) is 4.63 Å². The summed E-state index contributed by atoms with van der Waals surface area (Å²) in [6.45, 7) is 7.20. The van der Waals surface area contributed by atoms with Gasteiger partial charge in [-0.1, -0.05) is 10.3 Å². The standard InChI is InChI=1S/C15H25N5O3/c1-12-14(17-23-16-12)10-19-6-7-20(9-13(21)8-19)15(22)11-18-4-2-3-5-18/h13,21H,2-11H2,1H3. The number of nitrogens with zero attached hydrogens (tertiary/aromatic N) is 5. The zero-order valence-corrected chi connectivity index (χ0v) is 13.6. The summed E-state index contributed by atoms with van der Waals surface area (Å²) >= 11 is 0. The van der Waals surface area contributed by atoms with E-state index in [0.29, 0.717) is 32.7 Å². The molecule has 0 spiro atoms. The molecule has 2 aliphatic rings. The molecule has 1 atom stereocenters. The van der Waals surface area contributed by atoms with Crippen LogP contribution in [0.15, 0.2) is 4.63 Å². The average molecular weight is 323 g/mol. The first-order valence-electron chi connectivity index (χ1n) is 8.30. The number of aliphatic hydroxyl groups is 1. The Labute approximate surface area is 136 Å². The zero-order valence-electron chi connectivity index (χ0n) is 13.6. The minimum absolute atomic E-state index is 0.118. The summed E-state index contributed by atoms with van der Waals surface area (Å²) in [6, 6.07) is 0. The number of rotatable bonds is 4. The summed E-state index contributed by atoms with van der Waals surface area (Å²) < 4.78 is 4.72. The molecule has 1 aromatic rings. The molecule has 2 aliphatic heterocycles. The third-order valence-electron chi connectivity index (χ3n) is 4.62. The summed E-state index contributed by atoms with van der Waals surface area (Å²) in [5, 5.41) is 17.9. The van der Waals surface area contributed by atoms with Gasteiger partial charge in [0.1, 0.15) is 11.4 Å². The van der Waals surface area contributed by atoms with Crippen LogP contribution in [0.5, 0.6) is 0 Å². The number of aryl methyl sites for hydroxylation is 1. The lowest BCUT2D eigenvalue weighted by atomic mass is 10.3. The number of carbonyl (C=O) groups is 1. The Kier molecular flexibility index (Phi) is 5.24. The first-order valence-corrected chi connectivity index (χ1v) is 8.30. The van der Waals surface area contributed by atoms with E-state index in [2.05, 4.69) is 20.1 Å². The van der Waals surface area contributed by atoms with Gasteiger partial charge in [-0.2, -0.15) is 0 Å². The van der Waals surface area contributed by atoms with Gasteiger partial charge in [0, 0.05) is 32.7 Å². The minimum atomic E-state index is -0.541. The third-order valence-corrected chi connectivity index (χ3v) is 4.62. The van der Waals surface area contributed by atoms with Crippen LogP contribution in [0.3, 0.4) is 0 Å². The van der Waals surface area contributed by atoms with Gasteiger partial charge in [0.15, 0.2) is 0 Å². The third kappa shape index (κ3) is 4.27. The van der Waals surface area contributed by atoms with Gasteiger partial charge in [-0.15, -0.1) is 0 Å². The number of aliphatic hydroxyl groups excluding tert-OH is 1. The van der Waals surface area contributed by atoms with E-state index >= 15 is 0 Å². The molecule has 3 heterocycles. The van der Waals surface area contributed by atoms with Crippen LogP contribution in [0.1, 0.15) is 24.2 Å². The van der Waals surface area contributed by atoms with Crippen LogP contribution in [0.2, 0.25) is 0 Å². The Hall–Kier alpha value is -1.51. The number of β-amino-alcohol motifs (C(OH)–C–C–N with tert-alkyl or cyclic N) is 1. The molecule has 1 N–H and O–H groups in total. The van der Waals surface area contributed by atoms with Gasteiger partial charge >= 0.3 is 0 Å². The van der Waals surface area contributed by atoms with Crippen molar-refractivity contribution in [3.63, 3.8) is 0 Å². The Morgan fingerprint density at radius 3 is 2.65 bits per heavy atom. The molecule has 8 nitrogen and oxygen atoms in total. The topological polar surface area (TPSA) is 85.9 Å². The van der Waals surface area contributed by atoms with Gasteiger partial charge in [-0.05, 0) is 32.9 Å². The van der Waals surface area contributed by atoms with E-state index in [4.69, 9.17) is 4.63 Å². The molecule has 2 saturated heterocycles. The van der Waals surface area contributed by atoms with Crippen LogP contribution in [0, 0.1) is 6.92 Å². The van der Waals surface area contributed by atoms with Gasteiger partial charge < -0.3 is 10.0 Å². The van der Waals surface area contributed by atoms with Crippen molar-refractivity contribution in [2.24, 2.45) is 0 Å².